The Labute approximate surface area is 240 Å². The zero-order valence-electron chi connectivity index (χ0n) is 22.4. The molecule has 0 radical (unpaired) electrons. The molecule has 0 bridgehead atoms. The van der Waals surface area contributed by atoms with Crippen LogP contribution in [0.4, 0.5) is 16.2 Å². The van der Waals surface area contributed by atoms with Crippen molar-refractivity contribution in [3.8, 4) is 0 Å². The van der Waals surface area contributed by atoms with Crippen LogP contribution in [0.15, 0.2) is 23.8 Å². The normalized spacial score (nSPS) is 30.8. The molecule has 4 aromatic rings. The molecule has 0 spiro atoms. The number of aliphatic hydroxyl groups excluding tert-OH is 2. The summed E-state index contributed by atoms with van der Waals surface area (Å²) in [5.74, 6) is -0.889. The summed E-state index contributed by atoms with van der Waals surface area (Å²) in [6.45, 7) is 1.28. The molecule has 21 heteroatoms. The van der Waals surface area contributed by atoms with Gasteiger partial charge in [-0.1, -0.05) is 13.3 Å². The molecule has 0 aliphatic carbocycles. The van der Waals surface area contributed by atoms with Gasteiger partial charge in [-0.25, -0.2) is 28.9 Å². The summed E-state index contributed by atoms with van der Waals surface area (Å²) in [4.78, 5) is 45.1. The molecule has 2 fully saturated rings. The maximum atomic E-state index is 15.7. The number of ether oxygens (including phenoxy) is 2. The van der Waals surface area contributed by atoms with Crippen LogP contribution in [-0.4, -0.2) is 91.5 Å². The predicted octanol–water partition coefficient (Wildman–Crippen LogP) is -0.514. The number of nitrogens with one attached hydrogen (secondary N) is 1. The number of H-pyrrole nitrogens is 1. The van der Waals surface area contributed by atoms with E-state index < -0.39 is 69.1 Å². The van der Waals surface area contributed by atoms with E-state index in [0.717, 1.165) is 10.9 Å². The number of fused-ring (bicyclic) bond motifs is 2. The average Bonchev–Trinajstić information content (AvgIpc) is 3.70. The first-order valence-electron chi connectivity index (χ1n) is 13.1. The Morgan fingerprint density at radius 2 is 1.81 bits per heavy atom. The van der Waals surface area contributed by atoms with E-state index in [1.54, 1.807) is 0 Å². The monoisotopic (exact) mass is 626 g/mol. The molecule has 0 saturated carbocycles. The molecule has 232 valence electrons. The minimum atomic E-state index is -5.02. The number of hydrogen-bond acceptors (Lipinski definition) is 15. The molecule has 6 heterocycles. The first kappa shape index (κ1) is 29.5. The lowest BCUT2D eigenvalue weighted by Gasteiger charge is -2.25. The molecular weight excluding hydrogens is 598 g/mol. The van der Waals surface area contributed by atoms with Crippen molar-refractivity contribution in [3.05, 3.63) is 29.3 Å². The highest BCUT2D eigenvalue weighted by Crippen LogP contribution is 2.50. The highest BCUT2D eigenvalue weighted by atomic mass is 31.2. The maximum Gasteiger partial charge on any atom is 0.472 e. The fourth-order valence-corrected chi connectivity index (χ4v) is 6.27. The van der Waals surface area contributed by atoms with Gasteiger partial charge in [-0.3, -0.25) is 28.0 Å². The van der Waals surface area contributed by atoms with E-state index in [0.29, 0.717) is 12.8 Å². The van der Waals surface area contributed by atoms with Crippen LogP contribution in [0.1, 0.15) is 32.2 Å². The van der Waals surface area contributed by atoms with Crippen LogP contribution >= 0.6 is 7.82 Å². The summed E-state index contributed by atoms with van der Waals surface area (Å²) >= 11 is 0. The number of phosphoric ester groups is 1. The van der Waals surface area contributed by atoms with Crippen LogP contribution < -0.4 is 17.0 Å². The molecule has 2 aliphatic rings. The minimum Gasteiger partial charge on any atom is -0.385 e. The molecular formula is C22H28FN10O9P. The number of nitrogens with zero attached hydrogens (tertiary/aromatic N) is 7. The van der Waals surface area contributed by atoms with Gasteiger partial charge in [0.05, 0.1) is 25.4 Å². The smallest absolute Gasteiger partial charge is 0.385 e. The average molecular weight is 626 g/mol. The molecule has 9 atom stereocenters. The molecule has 8 N–H and O–H groups in total. The van der Waals surface area contributed by atoms with E-state index in [-0.39, 0.29) is 34.1 Å². The van der Waals surface area contributed by atoms with Crippen LogP contribution in [0.5, 0.6) is 0 Å². The van der Waals surface area contributed by atoms with E-state index in [1.807, 2.05) is 6.92 Å². The number of nitrogen functional groups attached to an aromatic ring is 2. The lowest BCUT2D eigenvalue weighted by Crippen LogP contribution is -2.34. The van der Waals surface area contributed by atoms with Crippen LogP contribution in [0.25, 0.3) is 22.3 Å². The molecule has 4 aromatic heterocycles. The SMILES string of the molecule is CCCC1C(COP(=O)(O)OC2C(O)C(O)OC2n2cnc3c(=O)[nH]c(N)nc32)OC(n2cnc3c(N)ncnc32)C1F. The molecule has 9 unspecified atom stereocenters. The number of aliphatic hydroxyl groups is 2. The van der Waals surface area contributed by atoms with Crippen molar-refractivity contribution in [2.75, 3.05) is 18.1 Å². The summed E-state index contributed by atoms with van der Waals surface area (Å²) in [5, 5.41) is 20.7. The molecule has 19 nitrogen and oxygen atoms in total. The highest BCUT2D eigenvalue weighted by Gasteiger charge is 2.50. The maximum absolute atomic E-state index is 15.7. The number of rotatable bonds is 9. The van der Waals surface area contributed by atoms with Crippen molar-refractivity contribution in [1.29, 1.82) is 0 Å². The summed E-state index contributed by atoms with van der Waals surface area (Å²) in [5.41, 5.74) is 11.1. The topological polar surface area (TPSA) is 274 Å². The third-order valence-electron chi connectivity index (χ3n) is 7.33. The van der Waals surface area contributed by atoms with Crippen LogP contribution in [0.2, 0.25) is 0 Å². The lowest BCUT2D eigenvalue weighted by molar-refractivity contribution is -0.141. The first-order valence-corrected chi connectivity index (χ1v) is 14.6. The second-order valence-corrected chi connectivity index (χ2v) is 11.5. The fraction of sp³-hybridized carbons (Fsp3) is 0.545. The number of halogens is 1. The second-order valence-electron chi connectivity index (χ2n) is 10.1. The number of phosphoric acid groups is 1. The van der Waals surface area contributed by atoms with Gasteiger partial charge < -0.3 is 36.0 Å². The standard InChI is InChI=1S/C22H28FN10O9P/c1-2-3-8-9(40-19(10(8)23)32-6-28-11-15(24)26-5-27-16(11)32)4-39-43(37,38)42-14-13(34)21(36)41-20(14)33-7-29-12-17(33)30-22(25)31-18(12)35/h5-10,13-14,19-21,34,36H,2-4H2,1H3,(H,37,38)(H2,24,26,27)(H3,25,30,31,35). The van der Waals surface area contributed by atoms with Crippen molar-refractivity contribution in [3.63, 3.8) is 0 Å². The van der Waals surface area contributed by atoms with Crippen LogP contribution in [0.3, 0.4) is 0 Å². The van der Waals surface area contributed by atoms with Crippen molar-refractivity contribution >= 4 is 41.9 Å². The number of aromatic amines is 1. The molecule has 2 aliphatic heterocycles. The number of anilines is 2. The lowest BCUT2D eigenvalue weighted by atomic mass is 9.94. The van der Waals surface area contributed by atoms with Crippen molar-refractivity contribution < 1.29 is 42.6 Å². The third kappa shape index (κ3) is 5.25. The number of alkyl halides is 1. The number of nitrogens with two attached hydrogens (primary N) is 2. The Morgan fingerprint density at radius 3 is 2.56 bits per heavy atom. The quantitative estimate of drug-likeness (QED) is 0.128. The van der Waals surface area contributed by atoms with E-state index in [9.17, 15) is 24.5 Å². The van der Waals surface area contributed by atoms with E-state index in [2.05, 4.69) is 29.9 Å². The Kier molecular flexibility index (Phi) is 7.63. The predicted molar refractivity (Wildman–Crippen MR) is 142 cm³/mol. The van der Waals surface area contributed by atoms with Gasteiger partial charge in [0.15, 0.2) is 47.5 Å². The molecule has 6 rings (SSSR count). The molecule has 0 amide bonds. The Bertz CT molecular complexity index is 1750. The fourth-order valence-electron chi connectivity index (χ4n) is 5.34. The van der Waals surface area contributed by atoms with Gasteiger partial charge in [0.1, 0.15) is 24.1 Å². The zero-order valence-corrected chi connectivity index (χ0v) is 23.3. The summed E-state index contributed by atoms with van der Waals surface area (Å²) in [6.07, 6.45) is -6.04. The Balaban J connectivity index is 1.20. The van der Waals surface area contributed by atoms with Gasteiger partial charge in [0.2, 0.25) is 5.95 Å². The largest absolute Gasteiger partial charge is 0.472 e. The first-order chi connectivity index (χ1) is 20.5. The number of aromatic nitrogens is 8. The van der Waals surface area contributed by atoms with Gasteiger partial charge in [-0.2, -0.15) is 4.98 Å². The van der Waals surface area contributed by atoms with E-state index in [1.165, 1.54) is 17.2 Å². The van der Waals surface area contributed by atoms with E-state index in [4.69, 9.17) is 30.0 Å². The van der Waals surface area contributed by atoms with Crippen molar-refractivity contribution in [2.24, 2.45) is 5.92 Å². The van der Waals surface area contributed by atoms with Crippen molar-refractivity contribution in [1.82, 2.24) is 39.0 Å². The minimum absolute atomic E-state index is 0.101. The molecule has 43 heavy (non-hydrogen) atoms. The molecule has 2 saturated heterocycles. The second kappa shape index (κ2) is 11.1. The van der Waals surface area contributed by atoms with Crippen molar-refractivity contribution in [2.45, 2.75) is 63.0 Å². The van der Waals surface area contributed by atoms with E-state index >= 15 is 4.39 Å². The van der Waals surface area contributed by atoms with Gasteiger partial charge in [0, 0.05) is 5.92 Å². The van der Waals surface area contributed by atoms with Gasteiger partial charge in [-0.05, 0) is 6.42 Å². The Morgan fingerprint density at radius 1 is 1.09 bits per heavy atom. The zero-order chi connectivity index (χ0) is 30.6. The third-order valence-corrected chi connectivity index (χ3v) is 8.31. The number of hydrogen-bond donors (Lipinski definition) is 6. The Hall–Kier alpha value is -3.62. The van der Waals surface area contributed by atoms with Crippen LogP contribution in [-0.2, 0) is 23.1 Å². The number of imidazole rings is 2. The van der Waals surface area contributed by atoms with Crippen LogP contribution in [0, 0.1) is 5.92 Å². The van der Waals surface area contributed by atoms with Gasteiger partial charge in [0.25, 0.3) is 5.56 Å². The molecule has 0 aromatic carbocycles. The van der Waals surface area contributed by atoms with Gasteiger partial charge in [-0.15, -0.1) is 0 Å². The summed E-state index contributed by atoms with van der Waals surface area (Å²) in [6, 6.07) is 0. The highest BCUT2D eigenvalue weighted by molar-refractivity contribution is 7.47. The summed E-state index contributed by atoms with van der Waals surface area (Å²) < 4.78 is 53.0. The van der Waals surface area contributed by atoms with Gasteiger partial charge >= 0.3 is 7.82 Å². The summed E-state index contributed by atoms with van der Waals surface area (Å²) in [7, 11) is -5.02.